The van der Waals surface area contributed by atoms with Gasteiger partial charge in [0.15, 0.2) is 5.78 Å². The lowest BCUT2D eigenvalue weighted by Crippen LogP contribution is -2.35. The van der Waals surface area contributed by atoms with Gasteiger partial charge in [-0.3, -0.25) is 9.59 Å². The molecule has 0 saturated heterocycles. The van der Waals surface area contributed by atoms with Crippen LogP contribution in [0.1, 0.15) is 59.3 Å². The highest BCUT2D eigenvalue weighted by atomic mass is 35.5. The van der Waals surface area contributed by atoms with E-state index in [0.29, 0.717) is 5.56 Å². The summed E-state index contributed by atoms with van der Waals surface area (Å²) in [6.07, 6.45) is 1.95. The number of primary amides is 1. The van der Waals surface area contributed by atoms with Gasteiger partial charge in [0, 0.05) is 29.6 Å². The first-order valence-corrected chi connectivity index (χ1v) is 10.3. The number of benzene rings is 2. The smallest absolute Gasteiger partial charge is 0.218 e. The summed E-state index contributed by atoms with van der Waals surface area (Å²) in [6, 6.07) is 8.72. The fraction of sp³-hybridized carbons (Fsp3) is 0.348. The third kappa shape index (κ3) is 5.04. The van der Waals surface area contributed by atoms with Gasteiger partial charge in [0.05, 0.1) is 23.3 Å². The first-order chi connectivity index (χ1) is 14.8. The Hall–Kier alpha value is -2.95. The Morgan fingerprint density at radius 2 is 2.06 bits per heavy atom. The summed E-state index contributed by atoms with van der Waals surface area (Å²) in [4.78, 5) is 24.4. The van der Waals surface area contributed by atoms with Gasteiger partial charge >= 0.3 is 0 Å². The molecule has 0 aliphatic heterocycles. The molecule has 2 atom stereocenters. The molecule has 0 bridgehead atoms. The van der Waals surface area contributed by atoms with Crippen molar-refractivity contribution in [3.8, 4) is 11.8 Å². The summed E-state index contributed by atoms with van der Waals surface area (Å²) in [5.41, 5.74) is 5.79. The zero-order valence-corrected chi connectivity index (χ0v) is 18.0. The van der Waals surface area contributed by atoms with E-state index in [2.05, 4.69) is 5.32 Å². The first-order valence-electron chi connectivity index (χ1n) is 9.91. The van der Waals surface area contributed by atoms with Gasteiger partial charge in [0.1, 0.15) is 17.6 Å². The molecule has 0 spiro atoms. The number of ketones is 1. The van der Waals surface area contributed by atoms with Crippen molar-refractivity contribution in [1.82, 2.24) is 5.32 Å². The normalized spacial score (nSPS) is 15.1. The van der Waals surface area contributed by atoms with Gasteiger partial charge in [-0.05, 0) is 49.9 Å². The zero-order chi connectivity index (χ0) is 22.7. The highest BCUT2D eigenvalue weighted by molar-refractivity contribution is 6.35. The van der Waals surface area contributed by atoms with Crippen LogP contribution in [0, 0.1) is 23.1 Å². The summed E-state index contributed by atoms with van der Waals surface area (Å²) in [7, 11) is 1.39. The summed E-state index contributed by atoms with van der Waals surface area (Å²) < 4.78 is 20.8. The Balaban J connectivity index is 1.99. The molecule has 2 aromatic carbocycles. The molecular formula is C23H23ClFN3O3. The van der Waals surface area contributed by atoms with Gasteiger partial charge in [-0.25, -0.2) is 4.39 Å². The van der Waals surface area contributed by atoms with Crippen LogP contribution in [0.15, 0.2) is 30.3 Å². The SMILES string of the molecule is COc1cc(C(=O)c2c(Cl)ccc(C(N[C@@H](C)CC(N)=O)C3CC3)c2F)ccc1C#N. The van der Waals surface area contributed by atoms with Crippen LogP contribution in [0.4, 0.5) is 4.39 Å². The van der Waals surface area contributed by atoms with E-state index in [1.165, 1.54) is 31.4 Å². The van der Waals surface area contributed by atoms with Gasteiger partial charge in [-0.1, -0.05) is 17.7 Å². The molecule has 0 radical (unpaired) electrons. The number of nitrogens with zero attached hydrogens (tertiary/aromatic N) is 1. The van der Waals surface area contributed by atoms with E-state index in [4.69, 9.17) is 27.3 Å². The number of nitriles is 1. The molecule has 1 saturated carbocycles. The number of nitrogens with one attached hydrogen (secondary N) is 1. The molecule has 3 N–H and O–H groups in total. The van der Waals surface area contributed by atoms with Crippen molar-refractivity contribution in [2.24, 2.45) is 11.7 Å². The van der Waals surface area contributed by atoms with Crippen LogP contribution in [0.5, 0.6) is 5.75 Å². The summed E-state index contributed by atoms with van der Waals surface area (Å²) in [5.74, 6) is -1.33. The van der Waals surface area contributed by atoms with Gasteiger partial charge < -0.3 is 15.8 Å². The van der Waals surface area contributed by atoms with Crippen molar-refractivity contribution >= 4 is 23.3 Å². The zero-order valence-electron chi connectivity index (χ0n) is 17.2. The minimum atomic E-state index is -0.698. The molecule has 2 aromatic rings. The molecule has 6 nitrogen and oxygen atoms in total. The number of ether oxygens (including phenoxy) is 1. The van der Waals surface area contributed by atoms with E-state index in [1.54, 1.807) is 6.07 Å². The van der Waals surface area contributed by atoms with E-state index in [-0.39, 0.29) is 51.9 Å². The number of halogens is 2. The maximum absolute atomic E-state index is 15.6. The number of hydrogen-bond donors (Lipinski definition) is 2. The second kappa shape index (κ2) is 9.46. The van der Waals surface area contributed by atoms with Crippen molar-refractivity contribution in [3.63, 3.8) is 0 Å². The average molecular weight is 444 g/mol. The van der Waals surface area contributed by atoms with Gasteiger partial charge in [-0.15, -0.1) is 0 Å². The van der Waals surface area contributed by atoms with Crippen LogP contribution in [-0.2, 0) is 4.79 Å². The lowest BCUT2D eigenvalue weighted by Gasteiger charge is -2.24. The Morgan fingerprint density at radius 1 is 1.35 bits per heavy atom. The monoisotopic (exact) mass is 443 g/mol. The van der Waals surface area contributed by atoms with E-state index in [1.807, 2.05) is 13.0 Å². The molecule has 0 aromatic heterocycles. The number of carbonyl (C=O) groups excluding carboxylic acids is 2. The van der Waals surface area contributed by atoms with Crippen LogP contribution >= 0.6 is 11.6 Å². The van der Waals surface area contributed by atoms with Gasteiger partial charge in [0.2, 0.25) is 5.91 Å². The van der Waals surface area contributed by atoms with E-state index >= 15 is 4.39 Å². The lowest BCUT2D eigenvalue weighted by atomic mass is 9.94. The second-order valence-corrected chi connectivity index (χ2v) is 8.14. The van der Waals surface area contributed by atoms with Crippen LogP contribution in [-0.4, -0.2) is 24.8 Å². The minimum Gasteiger partial charge on any atom is -0.495 e. The summed E-state index contributed by atoms with van der Waals surface area (Å²) in [6.45, 7) is 1.81. The highest BCUT2D eigenvalue weighted by Gasteiger charge is 2.36. The maximum Gasteiger partial charge on any atom is 0.218 e. The third-order valence-electron chi connectivity index (χ3n) is 5.33. The predicted molar refractivity (Wildman–Crippen MR) is 114 cm³/mol. The molecule has 162 valence electrons. The number of nitrogens with two attached hydrogens (primary N) is 1. The average Bonchev–Trinajstić information content (AvgIpc) is 3.56. The number of rotatable bonds is 9. The summed E-state index contributed by atoms with van der Waals surface area (Å²) >= 11 is 6.23. The van der Waals surface area contributed by atoms with Crippen molar-refractivity contribution in [1.29, 1.82) is 5.26 Å². The molecule has 1 unspecified atom stereocenters. The molecule has 3 rings (SSSR count). The Labute approximate surface area is 185 Å². The van der Waals surface area contributed by atoms with Crippen molar-refractivity contribution in [3.05, 3.63) is 63.4 Å². The quantitative estimate of drug-likeness (QED) is 0.572. The fourth-order valence-corrected chi connectivity index (χ4v) is 3.89. The molecule has 1 aliphatic carbocycles. The second-order valence-electron chi connectivity index (χ2n) is 7.73. The van der Waals surface area contributed by atoms with E-state index < -0.39 is 17.5 Å². The molecule has 1 fully saturated rings. The summed E-state index contributed by atoms with van der Waals surface area (Å²) in [5, 5.41) is 12.4. The molecule has 0 heterocycles. The Kier molecular flexibility index (Phi) is 6.94. The highest BCUT2D eigenvalue weighted by Crippen LogP contribution is 2.43. The van der Waals surface area contributed by atoms with Crippen molar-refractivity contribution in [2.45, 2.75) is 38.3 Å². The van der Waals surface area contributed by atoms with Crippen molar-refractivity contribution in [2.75, 3.05) is 7.11 Å². The molecule has 1 aliphatic rings. The lowest BCUT2D eigenvalue weighted by molar-refractivity contribution is -0.118. The molecule has 31 heavy (non-hydrogen) atoms. The number of hydrogen-bond acceptors (Lipinski definition) is 5. The van der Waals surface area contributed by atoms with Gasteiger partial charge in [0.25, 0.3) is 0 Å². The van der Waals surface area contributed by atoms with E-state index in [0.717, 1.165) is 12.8 Å². The van der Waals surface area contributed by atoms with Crippen LogP contribution in [0.2, 0.25) is 5.02 Å². The predicted octanol–water partition coefficient (Wildman–Crippen LogP) is 3.89. The van der Waals surface area contributed by atoms with Crippen LogP contribution < -0.4 is 15.8 Å². The standard InChI is InChI=1S/C23H23ClFN3O3/c1-12(9-19(27)29)28-22(13-3-4-13)16-7-8-17(24)20(21(16)25)23(30)14-5-6-15(11-26)18(10-14)31-2/h5-8,10,12-13,22,28H,3-4,9H2,1-2H3,(H2,27,29)/t12-,22?/m0/s1. The number of amides is 1. The van der Waals surface area contributed by atoms with E-state index in [9.17, 15) is 9.59 Å². The Bertz CT molecular complexity index is 1060. The van der Waals surface area contributed by atoms with Crippen LogP contribution in [0.3, 0.4) is 0 Å². The molecule has 8 heteroatoms. The maximum atomic E-state index is 15.6. The Morgan fingerprint density at radius 3 is 2.65 bits per heavy atom. The molecular weight excluding hydrogens is 421 g/mol. The van der Waals surface area contributed by atoms with Crippen molar-refractivity contribution < 1.29 is 18.7 Å². The third-order valence-corrected chi connectivity index (χ3v) is 5.65. The van der Waals surface area contributed by atoms with Gasteiger partial charge in [-0.2, -0.15) is 5.26 Å². The largest absolute Gasteiger partial charge is 0.495 e. The topological polar surface area (TPSA) is 105 Å². The fourth-order valence-electron chi connectivity index (χ4n) is 3.66. The number of carbonyl (C=O) groups is 2. The first kappa shape index (κ1) is 22.7. The van der Waals surface area contributed by atoms with Crippen LogP contribution in [0.25, 0.3) is 0 Å². The number of methoxy groups -OCH3 is 1. The minimum absolute atomic E-state index is 0.00527. The molecule has 1 amide bonds.